The Kier molecular flexibility index (Phi) is 8.75. The number of hydrogen-bond acceptors (Lipinski definition) is 1. The molecule has 0 bridgehead atoms. The lowest BCUT2D eigenvalue weighted by atomic mass is 9.88. The minimum Gasteiger partial charge on any atom is -0.378 e. The van der Waals surface area contributed by atoms with Crippen molar-refractivity contribution in [1.29, 1.82) is 0 Å². The molecule has 3 atom stereocenters. The van der Waals surface area contributed by atoms with Crippen LogP contribution < -0.4 is 0 Å². The number of rotatable bonds is 9. The van der Waals surface area contributed by atoms with Gasteiger partial charge in [-0.05, 0) is 43.9 Å². The predicted octanol–water partition coefficient (Wildman–Crippen LogP) is 5.58. The highest BCUT2D eigenvalue weighted by atomic mass is 16.5. The van der Waals surface area contributed by atoms with Gasteiger partial charge in [-0.15, -0.1) is 0 Å². The van der Waals surface area contributed by atoms with Crippen molar-refractivity contribution in [1.82, 2.24) is 0 Å². The van der Waals surface area contributed by atoms with Gasteiger partial charge in [0, 0.05) is 6.61 Å². The normalized spacial score (nSPS) is 23.8. The average Bonchev–Trinajstić information content (AvgIpc) is 2.43. The number of unbranched alkanes of at least 4 members (excludes halogenated alkanes) is 1. The third kappa shape index (κ3) is 6.78. The Morgan fingerprint density at radius 3 is 2.56 bits per heavy atom. The summed E-state index contributed by atoms with van der Waals surface area (Å²) in [5.41, 5.74) is 0. The highest BCUT2D eigenvalue weighted by Crippen LogP contribution is 2.24. The summed E-state index contributed by atoms with van der Waals surface area (Å²) in [6.07, 6.45) is 14.2. The van der Waals surface area contributed by atoms with Crippen LogP contribution in [0, 0.1) is 11.8 Å². The van der Waals surface area contributed by atoms with Gasteiger partial charge < -0.3 is 4.74 Å². The molecule has 1 saturated heterocycles. The Bertz CT molecular complexity index is 184. The van der Waals surface area contributed by atoms with Crippen LogP contribution in [0.3, 0.4) is 0 Å². The van der Waals surface area contributed by atoms with E-state index in [0.29, 0.717) is 6.10 Å². The van der Waals surface area contributed by atoms with E-state index in [1.165, 1.54) is 64.2 Å². The zero-order valence-corrected chi connectivity index (χ0v) is 12.9. The molecule has 18 heavy (non-hydrogen) atoms. The zero-order chi connectivity index (χ0) is 13.2. The first-order valence-electron chi connectivity index (χ1n) is 8.37. The van der Waals surface area contributed by atoms with Gasteiger partial charge in [0.2, 0.25) is 0 Å². The van der Waals surface area contributed by atoms with Gasteiger partial charge in [-0.2, -0.15) is 0 Å². The molecule has 0 aromatic carbocycles. The molecular weight excluding hydrogens is 220 g/mol. The van der Waals surface area contributed by atoms with E-state index in [2.05, 4.69) is 20.8 Å². The van der Waals surface area contributed by atoms with Gasteiger partial charge in [0.05, 0.1) is 6.10 Å². The standard InChI is InChI=1S/C17H34O/c1-4-15(3)14-16(5-2)10-6-7-11-17-12-8-9-13-18-17/h15-17H,4-14H2,1-3H3. The number of ether oxygens (including phenoxy) is 1. The molecule has 0 spiro atoms. The molecule has 0 radical (unpaired) electrons. The first-order valence-corrected chi connectivity index (χ1v) is 8.37. The van der Waals surface area contributed by atoms with Gasteiger partial charge in [-0.1, -0.05) is 52.9 Å². The van der Waals surface area contributed by atoms with Crippen molar-refractivity contribution < 1.29 is 4.74 Å². The van der Waals surface area contributed by atoms with Crippen molar-refractivity contribution in [2.24, 2.45) is 11.8 Å². The maximum Gasteiger partial charge on any atom is 0.0575 e. The van der Waals surface area contributed by atoms with Crippen molar-refractivity contribution in [2.45, 2.75) is 91.1 Å². The van der Waals surface area contributed by atoms with Gasteiger partial charge in [0.1, 0.15) is 0 Å². The molecule has 1 heterocycles. The van der Waals surface area contributed by atoms with Gasteiger partial charge in [-0.3, -0.25) is 0 Å². The van der Waals surface area contributed by atoms with Crippen molar-refractivity contribution in [2.75, 3.05) is 6.61 Å². The maximum absolute atomic E-state index is 5.79. The molecule has 108 valence electrons. The average molecular weight is 254 g/mol. The number of hydrogen-bond donors (Lipinski definition) is 0. The fraction of sp³-hybridized carbons (Fsp3) is 1.00. The first kappa shape index (κ1) is 16.0. The second-order valence-corrected chi connectivity index (χ2v) is 6.30. The Morgan fingerprint density at radius 2 is 1.94 bits per heavy atom. The molecule has 0 N–H and O–H groups in total. The third-order valence-corrected chi connectivity index (χ3v) is 4.67. The minimum atomic E-state index is 0.591. The summed E-state index contributed by atoms with van der Waals surface area (Å²) in [5, 5.41) is 0. The molecule has 1 rings (SSSR count). The lowest BCUT2D eigenvalue weighted by Crippen LogP contribution is -2.18. The van der Waals surface area contributed by atoms with Crippen molar-refractivity contribution >= 4 is 0 Å². The van der Waals surface area contributed by atoms with E-state index in [-0.39, 0.29) is 0 Å². The molecule has 0 amide bonds. The van der Waals surface area contributed by atoms with Crippen molar-refractivity contribution in [3.8, 4) is 0 Å². The van der Waals surface area contributed by atoms with E-state index in [0.717, 1.165) is 18.4 Å². The van der Waals surface area contributed by atoms with Crippen LogP contribution in [0.25, 0.3) is 0 Å². The summed E-state index contributed by atoms with van der Waals surface area (Å²) in [5.74, 6) is 1.88. The Labute approximate surface area is 115 Å². The van der Waals surface area contributed by atoms with E-state index in [1.807, 2.05) is 0 Å². The fourth-order valence-corrected chi connectivity index (χ4v) is 3.06. The lowest BCUT2D eigenvalue weighted by molar-refractivity contribution is 0.00958. The summed E-state index contributed by atoms with van der Waals surface area (Å²) in [6.45, 7) is 8.09. The maximum atomic E-state index is 5.79. The summed E-state index contributed by atoms with van der Waals surface area (Å²) >= 11 is 0. The van der Waals surface area contributed by atoms with Gasteiger partial charge in [-0.25, -0.2) is 0 Å². The van der Waals surface area contributed by atoms with Gasteiger partial charge in [0.15, 0.2) is 0 Å². The summed E-state index contributed by atoms with van der Waals surface area (Å²) in [4.78, 5) is 0. The largest absolute Gasteiger partial charge is 0.378 e. The van der Waals surface area contributed by atoms with Crippen LogP contribution in [0.4, 0.5) is 0 Å². The summed E-state index contributed by atoms with van der Waals surface area (Å²) < 4.78 is 5.79. The van der Waals surface area contributed by atoms with Gasteiger partial charge >= 0.3 is 0 Å². The van der Waals surface area contributed by atoms with Crippen LogP contribution in [0.2, 0.25) is 0 Å². The van der Waals surface area contributed by atoms with Crippen LogP contribution in [-0.4, -0.2) is 12.7 Å². The lowest BCUT2D eigenvalue weighted by Gasteiger charge is -2.23. The van der Waals surface area contributed by atoms with E-state index in [4.69, 9.17) is 4.74 Å². The molecule has 0 saturated carbocycles. The molecule has 1 fully saturated rings. The quantitative estimate of drug-likeness (QED) is 0.488. The molecule has 1 aliphatic rings. The molecule has 1 aliphatic heterocycles. The van der Waals surface area contributed by atoms with Crippen LogP contribution in [0.15, 0.2) is 0 Å². The molecule has 0 aromatic rings. The topological polar surface area (TPSA) is 9.23 Å². The third-order valence-electron chi connectivity index (χ3n) is 4.67. The SMILES string of the molecule is CCC(C)CC(CC)CCCCC1CCCCO1. The van der Waals surface area contributed by atoms with E-state index in [9.17, 15) is 0 Å². The molecule has 1 nitrogen and oxygen atoms in total. The van der Waals surface area contributed by atoms with Crippen LogP contribution in [-0.2, 0) is 4.74 Å². The van der Waals surface area contributed by atoms with Gasteiger partial charge in [0.25, 0.3) is 0 Å². The van der Waals surface area contributed by atoms with Crippen molar-refractivity contribution in [3.05, 3.63) is 0 Å². The molecule has 0 aromatic heterocycles. The monoisotopic (exact) mass is 254 g/mol. The fourth-order valence-electron chi connectivity index (χ4n) is 3.06. The summed E-state index contributed by atoms with van der Waals surface area (Å²) in [7, 11) is 0. The Hall–Kier alpha value is -0.0400. The molecule has 0 aliphatic carbocycles. The van der Waals surface area contributed by atoms with Crippen LogP contribution in [0.5, 0.6) is 0 Å². The second-order valence-electron chi connectivity index (χ2n) is 6.30. The van der Waals surface area contributed by atoms with E-state index >= 15 is 0 Å². The minimum absolute atomic E-state index is 0.591. The van der Waals surface area contributed by atoms with Crippen molar-refractivity contribution in [3.63, 3.8) is 0 Å². The smallest absolute Gasteiger partial charge is 0.0575 e. The second kappa shape index (κ2) is 9.83. The van der Waals surface area contributed by atoms with E-state index in [1.54, 1.807) is 0 Å². The van der Waals surface area contributed by atoms with E-state index < -0.39 is 0 Å². The Balaban J connectivity index is 2.03. The highest BCUT2D eigenvalue weighted by molar-refractivity contribution is 4.66. The predicted molar refractivity (Wildman–Crippen MR) is 79.9 cm³/mol. The highest BCUT2D eigenvalue weighted by Gasteiger charge is 2.14. The van der Waals surface area contributed by atoms with Crippen LogP contribution >= 0.6 is 0 Å². The molecule has 1 heteroatoms. The zero-order valence-electron chi connectivity index (χ0n) is 12.9. The Morgan fingerprint density at radius 1 is 1.11 bits per heavy atom. The summed E-state index contributed by atoms with van der Waals surface area (Å²) in [6, 6.07) is 0. The van der Waals surface area contributed by atoms with Crippen LogP contribution in [0.1, 0.15) is 85.0 Å². The molecule has 3 unspecified atom stereocenters. The molecular formula is C17H34O. The first-order chi connectivity index (χ1) is 8.76.